The van der Waals surface area contributed by atoms with Crippen molar-refractivity contribution in [1.29, 1.82) is 0 Å². The lowest BCUT2D eigenvalue weighted by Gasteiger charge is -2.23. The van der Waals surface area contributed by atoms with Gasteiger partial charge in [-0.05, 0) is 25.5 Å². The largest absolute Gasteiger partial charge is 0.313 e. The van der Waals surface area contributed by atoms with Gasteiger partial charge in [0, 0.05) is 12.1 Å². The first-order chi connectivity index (χ1) is 8.55. The van der Waals surface area contributed by atoms with Crippen molar-refractivity contribution in [2.24, 2.45) is 0 Å². The lowest BCUT2D eigenvalue weighted by Crippen LogP contribution is -2.40. The molecular weight excluding hydrogens is 256 g/mol. The van der Waals surface area contributed by atoms with E-state index in [9.17, 15) is 13.2 Å². The van der Waals surface area contributed by atoms with Gasteiger partial charge in [-0.3, -0.25) is 9.52 Å². The van der Waals surface area contributed by atoms with Crippen LogP contribution in [0.25, 0.3) is 0 Å². The highest BCUT2D eigenvalue weighted by Crippen LogP contribution is 2.10. The average molecular weight is 272 g/mol. The van der Waals surface area contributed by atoms with Gasteiger partial charge in [0.25, 0.3) is 5.56 Å². The van der Waals surface area contributed by atoms with Gasteiger partial charge in [0.15, 0.2) is 5.82 Å². The van der Waals surface area contributed by atoms with Crippen LogP contribution in [-0.4, -0.2) is 37.0 Å². The second-order valence-corrected chi connectivity index (χ2v) is 6.10. The molecule has 1 aliphatic heterocycles. The highest BCUT2D eigenvalue weighted by Gasteiger charge is 2.21. The molecule has 2 rings (SSSR count). The van der Waals surface area contributed by atoms with E-state index in [2.05, 4.69) is 20.2 Å². The van der Waals surface area contributed by atoms with Gasteiger partial charge in [-0.2, -0.15) is 5.10 Å². The highest BCUT2D eigenvalue weighted by molar-refractivity contribution is 7.92. The van der Waals surface area contributed by atoms with E-state index in [4.69, 9.17) is 0 Å². The Morgan fingerprint density at radius 2 is 2.22 bits per heavy atom. The highest BCUT2D eigenvalue weighted by atomic mass is 32.2. The number of nitrogens with zero attached hydrogens (tertiary/aromatic N) is 1. The zero-order chi connectivity index (χ0) is 13.0. The summed E-state index contributed by atoms with van der Waals surface area (Å²) in [6.07, 6.45) is 3.00. The Balaban J connectivity index is 1.98. The molecular formula is C10H16N4O3S. The molecule has 0 aromatic carbocycles. The molecule has 1 atom stereocenters. The molecule has 1 aliphatic rings. The lowest BCUT2D eigenvalue weighted by molar-refractivity contribution is 0.424. The first-order valence-corrected chi connectivity index (χ1v) is 7.50. The van der Waals surface area contributed by atoms with Crippen molar-refractivity contribution in [3.05, 3.63) is 22.5 Å². The molecule has 0 bridgehead atoms. The summed E-state index contributed by atoms with van der Waals surface area (Å²) < 4.78 is 26.1. The molecule has 0 amide bonds. The summed E-state index contributed by atoms with van der Waals surface area (Å²) in [4.78, 5) is 10.8. The molecule has 18 heavy (non-hydrogen) atoms. The summed E-state index contributed by atoms with van der Waals surface area (Å²) in [5, 5.41) is 8.96. The smallest absolute Gasteiger partial charge is 0.264 e. The van der Waals surface area contributed by atoms with E-state index in [-0.39, 0.29) is 23.2 Å². The Kier molecular flexibility index (Phi) is 3.97. The van der Waals surface area contributed by atoms with Crippen molar-refractivity contribution in [3.8, 4) is 0 Å². The molecule has 0 saturated carbocycles. The number of hydrogen-bond donors (Lipinski definition) is 3. The van der Waals surface area contributed by atoms with Gasteiger partial charge in [-0.25, -0.2) is 13.5 Å². The van der Waals surface area contributed by atoms with Gasteiger partial charge in [0.1, 0.15) is 0 Å². The third kappa shape index (κ3) is 3.81. The third-order valence-corrected chi connectivity index (χ3v) is 4.13. The van der Waals surface area contributed by atoms with Crippen LogP contribution >= 0.6 is 0 Å². The number of aromatic amines is 1. The van der Waals surface area contributed by atoms with Gasteiger partial charge in [-0.1, -0.05) is 6.42 Å². The van der Waals surface area contributed by atoms with Crippen LogP contribution in [0.3, 0.4) is 0 Å². The summed E-state index contributed by atoms with van der Waals surface area (Å²) in [7, 11) is -3.44. The van der Waals surface area contributed by atoms with Gasteiger partial charge >= 0.3 is 0 Å². The van der Waals surface area contributed by atoms with E-state index in [1.165, 1.54) is 12.1 Å². The van der Waals surface area contributed by atoms with E-state index in [0.717, 1.165) is 25.8 Å². The second kappa shape index (κ2) is 5.49. The molecule has 0 aliphatic carbocycles. The molecule has 0 radical (unpaired) electrons. The zero-order valence-corrected chi connectivity index (χ0v) is 10.7. The van der Waals surface area contributed by atoms with Crippen LogP contribution < -0.4 is 15.6 Å². The van der Waals surface area contributed by atoms with Gasteiger partial charge in [0.05, 0.1) is 5.75 Å². The summed E-state index contributed by atoms with van der Waals surface area (Å²) in [5.74, 6) is 0.152. The molecule has 0 spiro atoms. The predicted molar refractivity (Wildman–Crippen MR) is 67.9 cm³/mol. The molecule has 1 unspecified atom stereocenters. The number of sulfonamides is 1. The molecule has 1 saturated heterocycles. The Morgan fingerprint density at radius 3 is 2.83 bits per heavy atom. The normalized spacial score (nSPS) is 20.6. The monoisotopic (exact) mass is 272 g/mol. The Morgan fingerprint density at radius 1 is 1.39 bits per heavy atom. The van der Waals surface area contributed by atoms with E-state index in [1.807, 2.05) is 0 Å². The van der Waals surface area contributed by atoms with Crippen LogP contribution in [0.5, 0.6) is 0 Å². The van der Waals surface area contributed by atoms with Crippen molar-refractivity contribution in [2.75, 3.05) is 17.0 Å². The molecule has 1 aromatic heterocycles. The summed E-state index contributed by atoms with van der Waals surface area (Å²) >= 11 is 0. The Bertz CT molecular complexity index is 528. The zero-order valence-electron chi connectivity index (χ0n) is 9.85. The van der Waals surface area contributed by atoms with Crippen LogP contribution in [0.2, 0.25) is 0 Å². The first-order valence-electron chi connectivity index (χ1n) is 5.85. The van der Waals surface area contributed by atoms with Gasteiger partial charge in [0.2, 0.25) is 10.0 Å². The average Bonchev–Trinajstić information content (AvgIpc) is 2.32. The van der Waals surface area contributed by atoms with E-state index in [1.54, 1.807) is 0 Å². The van der Waals surface area contributed by atoms with Gasteiger partial charge < -0.3 is 5.32 Å². The van der Waals surface area contributed by atoms with Crippen molar-refractivity contribution in [3.63, 3.8) is 0 Å². The lowest BCUT2D eigenvalue weighted by atomic mass is 10.1. The molecule has 8 heteroatoms. The van der Waals surface area contributed by atoms with E-state index < -0.39 is 10.0 Å². The van der Waals surface area contributed by atoms with E-state index >= 15 is 0 Å². The van der Waals surface area contributed by atoms with Crippen LogP contribution in [0, 0.1) is 0 Å². The molecule has 1 aromatic rings. The fourth-order valence-electron chi connectivity index (χ4n) is 1.93. The quantitative estimate of drug-likeness (QED) is 0.695. The number of hydrogen-bond acceptors (Lipinski definition) is 5. The van der Waals surface area contributed by atoms with E-state index in [0.29, 0.717) is 0 Å². The number of rotatable bonds is 4. The summed E-state index contributed by atoms with van der Waals surface area (Å²) in [6.45, 7) is 0.858. The first kappa shape index (κ1) is 13.0. The number of piperidine rings is 1. The van der Waals surface area contributed by atoms with Crippen LogP contribution in [0.1, 0.15) is 19.3 Å². The maximum atomic E-state index is 11.9. The van der Waals surface area contributed by atoms with Crippen molar-refractivity contribution >= 4 is 15.8 Å². The van der Waals surface area contributed by atoms with Crippen molar-refractivity contribution in [2.45, 2.75) is 25.3 Å². The Labute approximate surface area is 105 Å². The summed E-state index contributed by atoms with van der Waals surface area (Å²) in [6, 6.07) is 2.55. The molecule has 1 fully saturated rings. The molecule has 3 N–H and O–H groups in total. The third-order valence-electron chi connectivity index (χ3n) is 2.77. The number of anilines is 1. The second-order valence-electron chi connectivity index (χ2n) is 4.34. The summed E-state index contributed by atoms with van der Waals surface area (Å²) in [5.41, 5.74) is -0.369. The predicted octanol–water partition coefficient (Wildman–Crippen LogP) is -0.346. The standard InChI is InChI=1S/C10H16N4O3S/c15-10-5-4-9(12-13-10)14-18(16,17)7-8-3-1-2-6-11-8/h4-5,8,11H,1-3,6-7H2,(H,12,14)(H,13,15). The molecule has 2 heterocycles. The maximum absolute atomic E-state index is 11.9. The number of aromatic nitrogens is 2. The topological polar surface area (TPSA) is 104 Å². The van der Waals surface area contributed by atoms with Crippen LogP contribution in [0.15, 0.2) is 16.9 Å². The van der Waals surface area contributed by atoms with Gasteiger partial charge in [-0.15, -0.1) is 0 Å². The number of nitrogens with one attached hydrogen (secondary N) is 3. The van der Waals surface area contributed by atoms with Crippen molar-refractivity contribution in [1.82, 2.24) is 15.5 Å². The minimum absolute atomic E-state index is 0.0148. The fraction of sp³-hybridized carbons (Fsp3) is 0.600. The van der Waals surface area contributed by atoms with Crippen LogP contribution in [-0.2, 0) is 10.0 Å². The Hall–Kier alpha value is -1.41. The van der Waals surface area contributed by atoms with Crippen LogP contribution in [0.4, 0.5) is 5.82 Å². The minimum atomic E-state index is -3.44. The number of H-pyrrole nitrogens is 1. The molecule has 100 valence electrons. The maximum Gasteiger partial charge on any atom is 0.264 e. The fourth-order valence-corrected chi connectivity index (χ4v) is 3.26. The minimum Gasteiger partial charge on any atom is -0.313 e. The molecule has 7 nitrogen and oxygen atoms in total. The van der Waals surface area contributed by atoms with Crippen molar-refractivity contribution < 1.29 is 8.42 Å². The SMILES string of the molecule is O=c1ccc(NS(=O)(=O)CC2CCCCN2)n[nH]1.